The Morgan fingerprint density at radius 3 is 2.33 bits per heavy atom. The van der Waals surface area contributed by atoms with Gasteiger partial charge < -0.3 is 5.32 Å². The molecule has 2 nitrogen and oxygen atoms in total. The van der Waals surface area contributed by atoms with Crippen molar-refractivity contribution in [3.8, 4) is 0 Å². The molecule has 0 aromatic heterocycles. The Hall–Kier alpha value is -0.890. The number of aliphatic imine (C=N–C) groups is 1. The molecule has 0 aliphatic carbocycles. The third-order valence-electron chi connectivity index (χ3n) is 0.884. The second-order valence-corrected chi connectivity index (χ2v) is 2.31. The Bertz CT molecular complexity index is 144. The summed E-state index contributed by atoms with van der Waals surface area (Å²) in [6.07, 6.45) is 5.33. The van der Waals surface area contributed by atoms with Crippen LogP contribution in [0.2, 0.25) is 0 Å². The minimum absolute atomic E-state index is 0.975. The summed E-state index contributed by atoms with van der Waals surface area (Å²) in [5.74, 6) is 0. The van der Waals surface area contributed by atoms with E-state index in [1.807, 2.05) is 27.0 Å². The summed E-state index contributed by atoms with van der Waals surface area (Å²) in [6.45, 7) is 10.6. The monoisotopic (exact) mass is 168 g/mol. The zero-order chi connectivity index (χ0) is 9.82. The van der Waals surface area contributed by atoms with E-state index in [-0.39, 0.29) is 0 Å². The molecule has 0 aromatic carbocycles. The van der Waals surface area contributed by atoms with Crippen LogP contribution in [-0.2, 0) is 0 Å². The van der Waals surface area contributed by atoms with Gasteiger partial charge in [0.2, 0.25) is 0 Å². The molecule has 0 fully saturated rings. The average molecular weight is 168 g/mol. The van der Waals surface area contributed by atoms with Gasteiger partial charge >= 0.3 is 0 Å². The van der Waals surface area contributed by atoms with Crippen molar-refractivity contribution in [3.05, 3.63) is 24.4 Å². The molecule has 0 rings (SSSR count). The summed E-state index contributed by atoms with van der Waals surface area (Å²) in [6, 6.07) is 0. The molecule has 2 heteroatoms. The van der Waals surface area contributed by atoms with Gasteiger partial charge in [0, 0.05) is 12.4 Å². The zero-order valence-electron chi connectivity index (χ0n) is 8.59. The first-order valence-corrected chi connectivity index (χ1v) is 4.13. The smallest absolute Gasteiger partial charge is 0.0290 e. The fourth-order valence-electron chi connectivity index (χ4n) is 0.256. The normalized spacial score (nSPS) is 10.0. The standard InChI is InChI=1S/C7H11N.C3H9N/c1-4-5-8-6-7(2)3;1-3-4-2/h4-6H,2H2,1,3H3;4H,3H2,1-2H3/b5-4-,8-6?;. The highest BCUT2D eigenvalue weighted by Gasteiger charge is 1.67. The molecule has 0 aliphatic rings. The van der Waals surface area contributed by atoms with Crippen molar-refractivity contribution >= 4 is 6.21 Å². The number of hydrogen-bond donors (Lipinski definition) is 1. The Morgan fingerprint density at radius 2 is 2.08 bits per heavy atom. The van der Waals surface area contributed by atoms with Crippen molar-refractivity contribution in [2.75, 3.05) is 13.6 Å². The molecule has 0 amide bonds. The predicted molar refractivity (Wildman–Crippen MR) is 57.7 cm³/mol. The summed E-state index contributed by atoms with van der Waals surface area (Å²) in [7, 11) is 1.93. The summed E-state index contributed by atoms with van der Waals surface area (Å²) in [5, 5.41) is 2.93. The molecule has 0 atom stereocenters. The van der Waals surface area contributed by atoms with Gasteiger partial charge in [0.05, 0.1) is 0 Å². The molecule has 0 radical (unpaired) electrons. The van der Waals surface area contributed by atoms with Crippen LogP contribution >= 0.6 is 0 Å². The Balaban J connectivity index is 0. The first-order chi connectivity index (χ1) is 5.68. The van der Waals surface area contributed by atoms with Crippen LogP contribution < -0.4 is 5.32 Å². The van der Waals surface area contributed by atoms with E-state index in [4.69, 9.17) is 0 Å². The highest BCUT2D eigenvalue weighted by molar-refractivity contribution is 5.77. The molecule has 1 N–H and O–H groups in total. The van der Waals surface area contributed by atoms with E-state index in [1.54, 1.807) is 12.4 Å². The van der Waals surface area contributed by atoms with Crippen molar-refractivity contribution in [2.24, 2.45) is 4.99 Å². The van der Waals surface area contributed by atoms with Crippen LogP contribution in [0.5, 0.6) is 0 Å². The lowest BCUT2D eigenvalue weighted by Gasteiger charge is -1.78. The van der Waals surface area contributed by atoms with Gasteiger partial charge in [0.15, 0.2) is 0 Å². The maximum absolute atomic E-state index is 3.88. The number of nitrogens with one attached hydrogen (secondary N) is 1. The highest BCUT2D eigenvalue weighted by atomic mass is 14.8. The largest absolute Gasteiger partial charge is 0.320 e. The van der Waals surface area contributed by atoms with Crippen molar-refractivity contribution in [2.45, 2.75) is 20.8 Å². The second kappa shape index (κ2) is 12.8. The molecular formula is C10H20N2. The number of rotatable bonds is 3. The first-order valence-electron chi connectivity index (χ1n) is 4.13. The molecule has 12 heavy (non-hydrogen) atoms. The van der Waals surface area contributed by atoms with Gasteiger partial charge in [-0.25, -0.2) is 0 Å². The maximum atomic E-state index is 3.88. The molecule has 70 valence electrons. The first kappa shape index (κ1) is 13.7. The summed E-state index contributed by atoms with van der Waals surface area (Å²) < 4.78 is 0. The van der Waals surface area contributed by atoms with Crippen molar-refractivity contribution in [1.82, 2.24) is 5.32 Å². The molecule has 0 saturated heterocycles. The van der Waals surface area contributed by atoms with Crippen molar-refractivity contribution < 1.29 is 0 Å². The van der Waals surface area contributed by atoms with Crippen LogP contribution in [0, 0.1) is 0 Å². The molecule has 0 unspecified atom stereocenters. The van der Waals surface area contributed by atoms with E-state index in [0.29, 0.717) is 0 Å². The summed E-state index contributed by atoms with van der Waals surface area (Å²) in [5.41, 5.74) is 0.975. The van der Waals surface area contributed by atoms with Gasteiger partial charge in [-0.05, 0) is 33.0 Å². The minimum Gasteiger partial charge on any atom is -0.320 e. The Labute approximate surface area is 76.1 Å². The molecule has 0 aromatic rings. The third-order valence-corrected chi connectivity index (χ3v) is 0.884. The predicted octanol–water partition coefficient (Wildman–Crippen LogP) is 2.39. The molecular weight excluding hydrogens is 148 g/mol. The average Bonchev–Trinajstić information content (AvgIpc) is 2.05. The lowest BCUT2D eigenvalue weighted by atomic mass is 10.4. The van der Waals surface area contributed by atoms with Crippen LogP contribution in [0.3, 0.4) is 0 Å². The molecule has 0 aliphatic heterocycles. The van der Waals surface area contributed by atoms with E-state index >= 15 is 0 Å². The van der Waals surface area contributed by atoms with Gasteiger partial charge in [-0.3, -0.25) is 4.99 Å². The lowest BCUT2D eigenvalue weighted by molar-refractivity contribution is 0.864. The van der Waals surface area contributed by atoms with E-state index in [0.717, 1.165) is 12.1 Å². The number of hydrogen-bond acceptors (Lipinski definition) is 2. The van der Waals surface area contributed by atoms with Crippen molar-refractivity contribution in [3.63, 3.8) is 0 Å². The summed E-state index contributed by atoms with van der Waals surface area (Å²) in [4.78, 5) is 3.88. The Morgan fingerprint density at radius 1 is 1.58 bits per heavy atom. The van der Waals surface area contributed by atoms with Crippen LogP contribution in [0.4, 0.5) is 0 Å². The van der Waals surface area contributed by atoms with E-state index in [2.05, 4.69) is 23.8 Å². The zero-order valence-corrected chi connectivity index (χ0v) is 8.59. The fourth-order valence-corrected chi connectivity index (χ4v) is 0.256. The van der Waals surface area contributed by atoms with E-state index < -0.39 is 0 Å². The lowest BCUT2D eigenvalue weighted by Crippen LogP contribution is -2.01. The molecule has 0 spiro atoms. The van der Waals surface area contributed by atoms with Gasteiger partial charge in [0.25, 0.3) is 0 Å². The maximum Gasteiger partial charge on any atom is 0.0290 e. The van der Waals surface area contributed by atoms with Crippen LogP contribution in [0.25, 0.3) is 0 Å². The van der Waals surface area contributed by atoms with Gasteiger partial charge in [0.1, 0.15) is 0 Å². The molecule has 0 bridgehead atoms. The van der Waals surface area contributed by atoms with Gasteiger partial charge in [-0.1, -0.05) is 19.6 Å². The fraction of sp³-hybridized carbons (Fsp3) is 0.500. The van der Waals surface area contributed by atoms with E-state index in [1.165, 1.54) is 0 Å². The number of allylic oxidation sites excluding steroid dienone is 2. The van der Waals surface area contributed by atoms with Crippen LogP contribution in [-0.4, -0.2) is 19.8 Å². The molecule has 0 saturated carbocycles. The quantitative estimate of drug-likeness (QED) is 0.643. The van der Waals surface area contributed by atoms with Gasteiger partial charge in [-0.2, -0.15) is 0 Å². The second-order valence-electron chi connectivity index (χ2n) is 2.31. The van der Waals surface area contributed by atoms with Crippen molar-refractivity contribution in [1.29, 1.82) is 0 Å². The van der Waals surface area contributed by atoms with Crippen LogP contribution in [0.1, 0.15) is 20.8 Å². The minimum atomic E-state index is 0.975. The highest BCUT2D eigenvalue weighted by Crippen LogP contribution is 1.79. The Kier molecular flexibility index (Phi) is 14.5. The molecule has 0 heterocycles. The SMILES string of the molecule is C=C(C)C=N/C=C\C.CCNC. The van der Waals surface area contributed by atoms with Crippen LogP contribution in [0.15, 0.2) is 29.4 Å². The van der Waals surface area contributed by atoms with Gasteiger partial charge in [-0.15, -0.1) is 0 Å². The number of nitrogens with zero attached hydrogens (tertiary/aromatic N) is 1. The third kappa shape index (κ3) is 22.9. The summed E-state index contributed by atoms with van der Waals surface area (Å²) >= 11 is 0. The topological polar surface area (TPSA) is 24.4 Å². The van der Waals surface area contributed by atoms with E-state index in [9.17, 15) is 0 Å².